The second kappa shape index (κ2) is 8.62. The molecule has 0 bridgehead atoms. The summed E-state index contributed by atoms with van der Waals surface area (Å²) in [5, 5.41) is 0. The Kier molecular flexibility index (Phi) is 7.15. The highest BCUT2D eigenvalue weighted by atomic mass is 32.1. The van der Waals surface area contributed by atoms with Gasteiger partial charge in [0.1, 0.15) is 5.57 Å². The van der Waals surface area contributed by atoms with Crippen LogP contribution >= 0.6 is 11.3 Å². The predicted molar refractivity (Wildman–Crippen MR) is 84.1 cm³/mol. The van der Waals surface area contributed by atoms with Gasteiger partial charge >= 0.3 is 11.9 Å². The first-order chi connectivity index (χ1) is 9.97. The standard InChI is InChI=1S/C16H22O4S/c1-5-19-15(17)14(16(18)20-6-2)10-13-8-7-12(21-13)9-11(3)4/h7-8,10-11H,5-6,9H2,1-4H3. The predicted octanol–water partition coefficient (Wildman–Crippen LogP) is 3.46. The number of esters is 2. The average molecular weight is 310 g/mol. The summed E-state index contributed by atoms with van der Waals surface area (Å²) in [5.41, 5.74) is -0.0587. The molecule has 0 aliphatic heterocycles. The number of rotatable bonds is 7. The van der Waals surface area contributed by atoms with Crippen LogP contribution in [0, 0.1) is 5.92 Å². The van der Waals surface area contributed by atoms with E-state index < -0.39 is 11.9 Å². The summed E-state index contributed by atoms with van der Waals surface area (Å²) in [7, 11) is 0. The van der Waals surface area contributed by atoms with Gasteiger partial charge in [0.15, 0.2) is 0 Å². The van der Waals surface area contributed by atoms with E-state index in [1.165, 1.54) is 4.88 Å². The summed E-state index contributed by atoms with van der Waals surface area (Å²) in [4.78, 5) is 25.8. The molecule has 0 spiro atoms. The molecule has 0 radical (unpaired) electrons. The number of carbonyl (C=O) groups is 2. The molecule has 0 saturated carbocycles. The van der Waals surface area contributed by atoms with Crippen LogP contribution in [0.1, 0.15) is 37.4 Å². The van der Waals surface area contributed by atoms with E-state index in [2.05, 4.69) is 13.8 Å². The lowest BCUT2D eigenvalue weighted by Gasteiger charge is -2.06. The monoisotopic (exact) mass is 310 g/mol. The van der Waals surface area contributed by atoms with Crippen LogP contribution in [-0.4, -0.2) is 25.2 Å². The topological polar surface area (TPSA) is 52.6 Å². The minimum atomic E-state index is -0.644. The molecule has 0 aliphatic rings. The van der Waals surface area contributed by atoms with Crippen molar-refractivity contribution < 1.29 is 19.1 Å². The zero-order valence-corrected chi connectivity index (χ0v) is 13.8. The molecule has 1 aromatic rings. The van der Waals surface area contributed by atoms with Crippen molar-refractivity contribution in [1.29, 1.82) is 0 Å². The third kappa shape index (κ3) is 5.71. The van der Waals surface area contributed by atoms with Crippen LogP contribution in [0.5, 0.6) is 0 Å². The molecule has 1 rings (SSSR count). The number of carbonyl (C=O) groups excluding carboxylic acids is 2. The molecule has 0 amide bonds. The molecule has 4 nitrogen and oxygen atoms in total. The van der Waals surface area contributed by atoms with Gasteiger partial charge in [-0.05, 0) is 44.4 Å². The van der Waals surface area contributed by atoms with Gasteiger partial charge in [-0.25, -0.2) is 9.59 Å². The third-order valence-corrected chi connectivity index (χ3v) is 3.62. The zero-order chi connectivity index (χ0) is 15.8. The van der Waals surface area contributed by atoms with Crippen molar-refractivity contribution in [2.75, 3.05) is 13.2 Å². The van der Waals surface area contributed by atoms with E-state index in [-0.39, 0.29) is 18.8 Å². The highest BCUT2D eigenvalue weighted by Gasteiger charge is 2.21. The summed E-state index contributed by atoms with van der Waals surface area (Å²) in [6.45, 7) is 8.14. The number of ether oxygens (including phenoxy) is 2. The van der Waals surface area contributed by atoms with Crippen molar-refractivity contribution in [3.05, 3.63) is 27.5 Å². The second-order valence-corrected chi connectivity index (χ2v) is 6.10. The highest BCUT2D eigenvalue weighted by Crippen LogP contribution is 2.22. The largest absolute Gasteiger partial charge is 0.462 e. The van der Waals surface area contributed by atoms with E-state index in [4.69, 9.17) is 9.47 Å². The van der Waals surface area contributed by atoms with Gasteiger partial charge in [0, 0.05) is 9.75 Å². The van der Waals surface area contributed by atoms with Crippen LogP contribution in [0.15, 0.2) is 17.7 Å². The molecule has 5 heteroatoms. The lowest BCUT2D eigenvalue weighted by atomic mass is 10.1. The first kappa shape index (κ1) is 17.4. The molecule has 0 atom stereocenters. The molecule has 1 heterocycles. The average Bonchev–Trinajstić information content (AvgIpc) is 2.83. The first-order valence-electron chi connectivity index (χ1n) is 7.12. The van der Waals surface area contributed by atoms with Crippen LogP contribution in [0.4, 0.5) is 0 Å². The quantitative estimate of drug-likeness (QED) is 0.335. The molecule has 0 unspecified atom stereocenters. The molecular weight excluding hydrogens is 288 g/mol. The summed E-state index contributed by atoms with van der Waals surface area (Å²) in [6, 6.07) is 3.92. The van der Waals surface area contributed by atoms with E-state index in [0.29, 0.717) is 5.92 Å². The minimum absolute atomic E-state index is 0.0587. The molecule has 0 aromatic carbocycles. The molecule has 0 N–H and O–H groups in total. The molecule has 0 saturated heterocycles. The molecule has 116 valence electrons. The Hall–Kier alpha value is -1.62. The Bertz CT molecular complexity index is 494. The zero-order valence-electron chi connectivity index (χ0n) is 13.0. The third-order valence-electron chi connectivity index (χ3n) is 2.57. The van der Waals surface area contributed by atoms with Crippen molar-refractivity contribution in [1.82, 2.24) is 0 Å². The Morgan fingerprint density at radius 2 is 1.71 bits per heavy atom. The van der Waals surface area contributed by atoms with Gasteiger partial charge in [0.2, 0.25) is 0 Å². The molecule has 21 heavy (non-hydrogen) atoms. The van der Waals surface area contributed by atoms with E-state index in [1.54, 1.807) is 31.3 Å². The van der Waals surface area contributed by atoms with Crippen LogP contribution in [0.3, 0.4) is 0 Å². The van der Waals surface area contributed by atoms with E-state index in [0.717, 1.165) is 11.3 Å². The maximum Gasteiger partial charge on any atom is 0.345 e. The van der Waals surface area contributed by atoms with E-state index in [9.17, 15) is 9.59 Å². The molecule has 0 fully saturated rings. The minimum Gasteiger partial charge on any atom is -0.462 e. The van der Waals surface area contributed by atoms with Crippen LogP contribution in [0.25, 0.3) is 6.08 Å². The van der Waals surface area contributed by atoms with Crippen molar-refractivity contribution in [2.45, 2.75) is 34.1 Å². The normalized spacial score (nSPS) is 10.3. The van der Waals surface area contributed by atoms with E-state index >= 15 is 0 Å². The Morgan fingerprint density at radius 3 is 2.19 bits per heavy atom. The summed E-state index contributed by atoms with van der Waals surface area (Å²) in [6.07, 6.45) is 2.52. The van der Waals surface area contributed by atoms with E-state index in [1.807, 2.05) is 12.1 Å². The molecule has 1 aromatic heterocycles. The fourth-order valence-electron chi connectivity index (χ4n) is 1.75. The Labute approximate surface area is 129 Å². The number of hydrogen-bond acceptors (Lipinski definition) is 5. The second-order valence-electron chi connectivity index (χ2n) is 4.90. The molecule has 0 aliphatic carbocycles. The number of hydrogen-bond donors (Lipinski definition) is 0. The fourth-order valence-corrected chi connectivity index (χ4v) is 2.91. The van der Waals surface area contributed by atoms with Gasteiger partial charge in [-0.2, -0.15) is 0 Å². The van der Waals surface area contributed by atoms with Gasteiger partial charge in [-0.3, -0.25) is 0 Å². The van der Waals surface area contributed by atoms with Gasteiger partial charge in [-0.15, -0.1) is 11.3 Å². The van der Waals surface area contributed by atoms with Crippen molar-refractivity contribution in [2.24, 2.45) is 5.92 Å². The van der Waals surface area contributed by atoms with Gasteiger partial charge in [-0.1, -0.05) is 13.8 Å². The van der Waals surface area contributed by atoms with Crippen LogP contribution in [-0.2, 0) is 25.5 Å². The fraction of sp³-hybridized carbons (Fsp3) is 0.500. The maximum atomic E-state index is 11.9. The van der Waals surface area contributed by atoms with Crippen molar-refractivity contribution in [3.8, 4) is 0 Å². The smallest absolute Gasteiger partial charge is 0.345 e. The SMILES string of the molecule is CCOC(=O)C(=Cc1ccc(CC(C)C)s1)C(=O)OCC. The lowest BCUT2D eigenvalue weighted by Crippen LogP contribution is -2.18. The van der Waals surface area contributed by atoms with Gasteiger partial charge in [0.05, 0.1) is 13.2 Å². The van der Waals surface area contributed by atoms with Crippen LogP contribution < -0.4 is 0 Å². The summed E-state index contributed by atoms with van der Waals surface area (Å²) >= 11 is 1.57. The molecular formula is C16H22O4S. The summed E-state index contributed by atoms with van der Waals surface area (Å²) < 4.78 is 9.82. The lowest BCUT2D eigenvalue weighted by molar-refractivity contribution is -0.146. The van der Waals surface area contributed by atoms with Crippen molar-refractivity contribution >= 4 is 29.4 Å². The maximum absolute atomic E-state index is 11.9. The Balaban J connectivity index is 2.98. The van der Waals surface area contributed by atoms with Gasteiger partial charge < -0.3 is 9.47 Å². The first-order valence-corrected chi connectivity index (χ1v) is 7.94. The summed E-state index contributed by atoms with van der Waals surface area (Å²) in [5.74, 6) is -0.723. The van der Waals surface area contributed by atoms with Gasteiger partial charge in [0.25, 0.3) is 0 Å². The van der Waals surface area contributed by atoms with Crippen molar-refractivity contribution in [3.63, 3.8) is 0 Å². The Morgan fingerprint density at radius 1 is 1.14 bits per heavy atom. The number of thiophene rings is 1. The highest BCUT2D eigenvalue weighted by molar-refractivity contribution is 7.12. The van der Waals surface area contributed by atoms with Crippen LogP contribution in [0.2, 0.25) is 0 Å².